The van der Waals surface area contributed by atoms with Crippen molar-refractivity contribution >= 4 is 17.5 Å². The summed E-state index contributed by atoms with van der Waals surface area (Å²) in [6.45, 7) is 3.94. The highest BCUT2D eigenvalue weighted by molar-refractivity contribution is 5.94. The Bertz CT molecular complexity index is 740. The summed E-state index contributed by atoms with van der Waals surface area (Å²) in [6, 6.07) is 8.98. The Morgan fingerprint density at radius 1 is 1.12 bits per heavy atom. The van der Waals surface area contributed by atoms with E-state index in [1.54, 1.807) is 36.1 Å². The van der Waals surface area contributed by atoms with Crippen LogP contribution in [0.25, 0.3) is 0 Å². The first-order chi connectivity index (χ1) is 12.1. The van der Waals surface area contributed by atoms with Crippen LogP contribution in [0, 0.1) is 5.82 Å². The lowest BCUT2D eigenvalue weighted by Crippen LogP contribution is -2.54. The number of carbonyl (C=O) groups is 2. The van der Waals surface area contributed by atoms with E-state index >= 15 is 0 Å². The number of para-hydroxylation sites is 1. The van der Waals surface area contributed by atoms with Crippen LogP contribution in [-0.2, 0) is 4.79 Å². The molecule has 1 saturated heterocycles. The first-order valence-corrected chi connectivity index (χ1v) is 8.18. The van der Waals surface area contributed by atoms with Crippen LogP contribution in [-0.4, -0.2) is 53.8 Å². The first kappa shape index (κ1) is 17.2. The molecule has 6 nitrogen and oxygen atoms in total. The topological polar surface area (TPSA) is 65.8 Å². The number of halogens is 1. The van der Waals surface area contributed by atoms with E-state index in [1.807, 2.05) is 4.90 Å². The van der Waals surface area contributed by atoms with Crippen LogP contribution in [0.4, 0.5) is 10.1 Å². The van der Waals surface area contributed by atoms with Crippen LogP contribution in [0.3, 0.4) is 0 Å². The minimum absolute atomic E-state index is 0.145. The van der Waals surface area contributed by atoms with Crippen molar-refractivity contribution < 1.29 is 18.4 Å². The molecule has 0 radical (unpaired) electrons. The van der Waals surface area contributed by atoms with Gasteiger partial charge in [0.05, 0.1) is 18.0 Å². The van der Waals surface area contributed by atoms with E-state index in [-0.39, 0.29) is 17.5 Å². The van der Waals surface area contributed by atoms with Gasteiger partial charge < -0.3 is 14.6 Å². The second-order valence-electron chi connectivity index (χ2n) is 5.95. The fourth-order valence-electron chi connectivity index (χ4n) is 2.83. The molecule has 1 aliphatic rings. The number of amides is 2. The first-order valence-electron chi connectivity index (χ1n) is 8.18. The monoisotopic (exact) mass is 345 g/mol. The van der Waals surface area contributed by atoms with Crippen LogP contribution in [0.2, 0.25) is 0 Å². The molecule has 0 bridgehead atoms. The number of benzene rings is 1. The van der Waals surface area contributed by atoms with E-state index in [9.17, 15) is 14.0 Å². The maximum absolute atomic E-state index is 13.6. The Morgan fingerprint density at radius 3 is 2.48 bits per heavy atom. The predicted molar refractivity (Wildman–Crippen MR) is 90.7 cm³/mol. The molecular weight excluding hydrogens is 325 g/mol. The summed E-state index contributed by atoms with van der Waals surface area (Å²) in [5.41, 5.74) is 0.172. The van der Waals surface area contributed by atoms with Crippen LogP contribution in [0.1, 0.15) is 17.5 Å². The summed E-state index contributed by atoms with van der Waals surface area (Å²) >= 11 is 0. The Kier molecular flexibility index (Phi) is 5.14. The number of hydrogen-bond acceptors (Lipinski definition) is 4. The van der Waals surface area contributed by atoms with Crippen molar-refractivity contribution in [2.45, 2.75) is 13.0 Å². The highest BCUT2D eigenvalue weighted by Gasteiger charge is 2.28. The summed E-state index contributed by atoms with van der Waals surface area (Å²) < 4.78 is 18.8. The van der Waals surface area contributed by atoms with Gasteiger partial charge in [0.2, 0.25) is 5.91 Å². The molecule has 0 saturated carbocycles. The summed E-state index contributed by atoms with van der Waals surface area (Å²) in [4.78, 5) is 28.3. The molecule has 0 unspecified atom stereocenters. The summed E-state index contributed by atoms with van der Waals surface area (Å²) in [6.07, 6.45) is 1.47. The summed E-state index contributed by atoms with van der Waals surface area (Å²) in [5.74, 6) is -0.556. The van der Waals surface area contributed by atoms with Crippen molar-refractivity contribution in [3.05, 3.63) is 54.2 Å². The van der Waals surface area contributed by atoms with Crippen molar-refractivity contribution in [3.63, 3.8) is 0 Å². The average Bonchev–Trinajstić information content (AvgIpc) is 3.17. The van der Waals surface area contributed by atoms with Crippen molar-refractivity contribution in [2.75, 3.05) is 31.5 Å². The SMILES string of the molecule is C[C@@H](C(=O)Nc1ccccc1F)N1CCN(C(=O)c2ccco2)CC1. The molecule has 2 aromatic rings. The third-order valence-corrected chi connectivity index (χ3v) is 4.39. The highest BCUT2D eigenvalue weighted by Crippen LogP contribution is 2.15. The smallest absolute Gasteiger partial charge is 0.289 e. The largest absolute Gasteiger partial charge is 0.459 e. The minimum atomic E-state index is -0.461. The highest BCUT2D eigenvalue weighted by atomic mass is 19.1. The predicted octanol–water partition coefficient (Wildman–Crippen LogP) is 2.20. The van der Waals surface area contributed by atoms with E-state index in [2.05, 4.69) is 5.32 Å². The van der Waals surface area contributed by atoms with E-state index in [0.29, 0.717) is 31.9 Å². The van der Waals surface area contributed by atoms with Gasteiger partial charge >= 0.3 is 0 Å². The van der Waals surface area contributed by atoms with Gasteiger partial charge in [-0.1, -0.05) is 12.1 Å². The standard InChI is InChI=1S/C18H20FN3O3/c1-13(17(23)20-15-6-3-2-5-14(15)19)21-8-10-22(11-9-21)18(24)16-7-4-12-25-16/h2-7,12-13H,8-11H2,1H3,(H,20,23)/t13-/m0/s1. The van der Waals surface area contributed by atoms with Crippen LogP contribution < -0.4 is 5.32 Å². The molecule has 1 aromatic carbocycles. The number of carbonyl (C=O) groups excluding carboxylic acids is 2. The van der Waals surface area contributed by atoms with Crippen molar-refractivity contribution in [1.29, 1.82) is 0 Å². The van der Waals surface area contributed by atoms with Gasteiger partial charge in [-0.25, -0.2) is 4.39 Å². The molecule has 1 aliphatic heterocycles. The fraction of sp³-hybridized carbons (Fsp3) is 0.333. The average molecular weight is 345 g/mol. The van der Waals surface area contributed by atoms with E-state index in [4.69, 9.17) is 4.42 Å². The van der Waals surface area contributed by atoms with Gasteiger partial charge in [0.25, 0.3) is 5.91 Å². The Morgan fingerprint density at radius 2 is 1.84 bits per heavy atom. The molecule has 132 valence electrons. The van der Waals surface area contributed by atoms with Gasteiger partial charge in [-0.15, -0.1) is 0 Å². The Labute approximate surface area is 145 Å². The minimum Gasteiger partial charge on any atom is -0.459 e. The quantitative estimate of drug-likeness (QED) is 0.923. The molecule has 0 spiro atoms. The second kappa shape index (κ2) is 7.48. The Balaban J connectivity index is 1.54. The normalized spacial score (nSPS) is 16.5. The van der Waals surface area contributed by atoms with E-state index in [1.165, 1.54) is 18.4 Å². The molecule has 0 aliphatic carbocycles. The van der Waals surface area contributed by atoms with Gasteiger partial charge in [-0.3, -0.25) is 14.5 Å². The maximum atomic E-state index is 13.6. The third kappa shape index (κ3) is 3.88. The van der Waals surface area contributed by atoms with Crippen molar-refractivity contribution in [1.82, 2.24) is 9.80 Å². The van der Waals surface area contributed by atoms with Gasteiger partial charge in [0.15, 0.2) is 5.76 Å². The molecule has 1 fully saturated rings. The van der Waals surface area contributed by atoms with Crippen molar-refractivity contribution in [2.24, 2.45) is 0 Å². The molecule has 2 heterocycles. The van der Waals surface area contributed by atoms with Crippen LogP contribution in [0.5, 0.6) is 0 Å². The van der Waals surface area contributed by atoms with Crippen molar-refractivity contribution in [3.8, 4) is 0 Å². The number of rotatable bonds is 4. The van der Waals surface area contributed by atoms with Gasteiger partial charge in [-0.2, -0.15) is 0 Å². The lowest BCUT2D eigenvalue weighted by atomic mass is 10.2. The van der Waals surface area contributed by atoms with E-state index in [0.717, 1.165) is 0 Å². The maximum Gasteiger partial charge on any atom is 0.289 e. The Hall–Kier alpha value is -2.67. The number of anilines is 1. The fourth-order valence-corrected chi connectivity index (χ4v) is 2.83. The van der Waals surface area contributed by atoms with Crippen LogP contribution >= 0.6 is 0 Å². The molecule has 1 aromatic heterocycles. The number of hydrogen-bond donors (Lipinski definition) is 1. The molecule has 2 amide bonds. The number of nitrogens with zero attached hydrogens (tertiary/aromatic N) is 2. The summed E-state index contributed by atoms with van der Waals surface area (Å²) in [5, 5.41) is 2.61. The lowest BCUT2D eigenvalue weighted by molar-refractivity contribution is -0.121. The number of piperazine rings is 1. The number of furan rings is 1. The molecule has 3 rings (SSSR count). The zero-order chi connectivity index (χ0) is 17.8. The van der Waals surface area contributed by atoms with E-state index < -0.39 is 11.9 Å². The summed E-state index contributed by atoms with van der Waals surface area (Å²) in [7, 11) is 0. The van der Waals surface area contributed by atoms with Gasteiger partial charge in [0, 0.05) is 26.2 Å². The van der Waals surface area contributed by atoms with Gasteiger partial charge in [0.1, 0.15) is 5.82 Å². The molecule has 25 heavy (non-hydrogen) atoms. The zero-order valence-corrected chi connectivity index (χ0v) is 13.9. The number of nitrogens with one attached hydrogen (secondary N) is 1. The zero-order valence-electron chi connectivity index (χ0n) is 13.9. The molecule has 7 heteroatoms. The third-order valence-electron chi connectivity index (χ3n) is 4.39. The lowest BCUT2D eigenvalue weighted by Gasteiger charge is -2.37. The van der Waals surface area contributed by atoms with Crippen LogP contribution in [0.15, 0.2) is 47.1 Å². The molecule has 1 N–H and O–H groups in total. The second-order valence-corrected chi connectivity index (χ2v) is 5.95. The molecular formula is C18H20FN3O3. The van der Waals surface area contributed by atoms with Gasteiger partial charge in [-0.05, 0) is 31.2 Å². The molecule has 1 atom stereocenters.